The highest BCUT2D eigenvalue weighted by atomic mass is 35.5. The number of hydrazone groups is 1. The maximum Gasteiger partial charge on any atom is 0.259 e. The number of aryl methyl sites for hydroxylation is 1. The summed E-state index contributed by atoms with van der Waals surface area (Å²) in [7, 11) is 0. The Bertz CT molecular complexity index is 1030. The van der Waals surface area contributed by atoms with Crippen LogP contribution in [0, 0.1) is 19.7 Å². The van der Waals surface area contributed by atoms with E-state index in [1.807, 2.05) is 48.7 Å². The molecule has 0 aliphatic carbocycles. The van der Waals surface area contributed by atoms with Gasteiger partial charge in [-0.3, -0.25) is 4.79 Å². The van der Waals surface area contributed by atoms with E-state index >= 15 is 0 Å². The number of carbonyl (C=O) groups excluding carboxylic acids is 1. The van der Waals surface area contributed by atoms with Gasteiger partial charge in [0.15, 0.2) is 0 Å². The number of amides is 1. The fourth-order valence-electron chi connectivity index (χ4n) is 2.92. The zero-order chi connectivity index (χ0) is 20.1. The van der Waals surface area contributed by atoms with Crippen LogP contribution >= 0.6 is 11.6 Å². The van der Waals surface area contributed by atoms with Crippen LogP contribution < -0.4 is 10.7 Å². The van der Waals surface area contributed by atoms with E-state index in [-0.39, 0.29) is 18.1 Å². The maximum atomic E-state index is 13.5. The Morgan fingerprint density at radius 3 is 2.64 bits per heavy atom. The van der Waals surface area contributed by atoms with Crippen molar-refractivity contribution in [3.05, 3.63) is 82.4 Å². The van der Waals surface area contributed by atoms with Crippen LogP contribution in [0.5, 0.6) is 0 Å². The van der Waals surface area contributed by atoms with Crippen molar-refractivity contribution in [2.24, 2.45) is 5.10 Å². The maximum absolute atomic E-state index is 13.5. The fraction of sp³-hybridized carbons (Fsp3) is 0.143. The van der Waals surface area contributed by atoms with Crippen LogP contribution in [0.4, 0.5) is 10.1 Å². The van der Waals surface area contributed by atoms with Gasteiger partial charge in [0.25, 0.3) is 5.91 Å². The summed E-state index contributed by atoms with van der Waals surface area (Å²) in [6.07, 6.45) is 1.58. The van der Waals surface area contributed by atoms with Gasteiger partial charge in [-0.1, -0.05) is 35.9 Å². The molecule has 0 atom stereocenters. The van der Waals surface area contributed by atoms with Gasteiger partial charge in [0.05, 0.1) is 29.2 Å². The summed E-state index contributed by atoms with van der Waals surface area (Å²) in [4.78, 5) is 11.9. The van der Waals surface area contributed by atoms with E-state index in [9.17, 15) is 9.18 Å². The van der Waals surface area contributed by atoms with Gasteiger partial charge in [-0.15, -0.1) is 0 Å². The molecule has 0 bridgehead atoms. The van der Waals surface area contributed by atoms with Crippen molar-refractivity contribution in [2.75, 3.05) is 11.9 Å². The second-order valence-electron chi connectivity index (χ2n) is 6.24. The van der Waals surface area contributed by atoms with Gasteiger partial charge in [-0.25, -0.2) is 9.82 Å². The minimum absolute atomic E-state index is 0.0864. The van der Waals surface area contributed by atoms with Crippen molar-refractivity contribution < 1.29 is 9.18 Å². The Morgan fingerprint density at radius 1 is 1.18 bits per heavy atom. The smallest absolute Gasteiger partial charge is 0.259 e. The van der Waals surface area contributed by atoms with Crippen molar-refractivity contribution in [2.45, 2.75) is 13.8 Å². The largest absolute Gasteiger partial charge is 0.374 e. The predicted octanol–water partition coefficient (Wildman–Crippen LogP) is 4.45. The number of anilines is 1. The molecule has 2 N–H and O–H groups in total. The third-order valence-electron chi connectivity index (χ3n) is 4.27. The molecule has 144 valence electrons. The van der Waals surface area contributed by atoms with Gasteiger partial charge >= 0.3 is 0 Å². The molecule has 0 unspecified atom stereocenters. The molecule has 1 heterocycles. The van der Waals surface area contributed by atoms with Crippen molar-refractivity contribution in [3.8, 4) is 5.69 Å². The summed E-state index contributed by atoms with van der Waals surface area (Å²) < 4.78 is 15.6. The predicted molar refractivity (Wildman–Crippen MR) is 111 cm³/mol. The summed E-state index contributed by atoms with van der Waals surface area (Å²) in [5.74, 6) is -0.787. The molecular weight excluding hydrogens is 379 g/mol. The number of benzene rings is 2. The number of hydrogen-bond acceptors (Lipinski definition) is 3. The van der Waals surface area contributed by atoms with Crippen molar-refractivity contribution in [3.63, 3.8) is 0 Å². The van der Waals surface area contributed by atoms with Crippen LogP contribution in [0.1, 0.15) is 17.0 Å². The molecule has 3 aromatic rings. The fourth-order valence-corrected chi connectivity index (χ4v) is 3.14. The third kappa shape index (κ3) is 4.40. The molecule has 1 amide bonds. The Morgan fingerprint density at radius 2 is 1.89 bits per heavy atom. The van der Waals surface area contributed by atoms with Crippen molar-refractivity contribution in [1.82, 2.24) is 9.99 Å². The Balaban J connectivity index is 1.65. The van der Waals surface area contributed by atoms with Crippen molar-refractivity contribution >= 4 is 29.4 Å². The van der Waals surface area contributed by atoms with Gasteiger partial charge in [-0.05, 0) is 44.2 Å². The Hall–Kier alpha value is -3.12. The number of nitrogens with zero attached hydrogens (tertiary/aromatic N) is 2. The van der Waals surface area contributed by atoms with Gasteiger partial charge in [0.2, 0.25) is 0 Å². The molecule has 0 aliphatic heterocycles. The molecule has 28 heavy (non-hydrogen) atoms. The van der Waals surface area contributed by atoms with E-state index in [2.05, 4.69) is 15.8 Å². The van der Waals surface area contributed by atoms with E-state index in [4.69, 9.17) is 11.6 Å². The second kappa shape index (κ2) is 8.71. The average molecular weight is 399 g/mol. The summed E-state index contributed by atoms with van der Waals surface area (Å²) in [5.41, 5.74) is 6.41. The first kappa shape index (κ1) is 19.6. The van der Waals surface area contributed by atoms with E-state index < -0.39 is 5.82 Å². The molecule has 0 aliphatic rings. The number of carbonyl (C=O) groups is 1. The lowest BCUT2D eigenvalue weighted by atomic mass is 10.2. The van der Waals surface area contributed by atoms with E-state index in [0.717, 1.165) is 22.6 Å². The topological polar surface area (TPSA) is 58.4 Å². The van der Waals surface area contributed by atoms with E-state index in [1.54, 1.807) is 24.4 Å². The molecule has 0 saturated heterocycles. The van der Waals surface area contributed by atoms with Crippen LogP contribution in [-0.2, 0) is 4.79 Å². The lowest BCUT2D eigenvalue weighted by Crippen LogP contribution is -2.26. The lowest BCUT2D eigenvalue weighted by Gasteiger charge is -2.11. The quantitative estimate of drug-likeness (QED) is 0.476. The van der Waals surface area contributed by atoms with Crippen LogP contribution in [0.3, 0.4) is 0 Å². The van der Waals surface area contributed by atoms with Gasteiger partial charge in [-0.2, -0.15) is 5.10 Å². The number of aromatic nitrogens is 1. The molecule has 1 aromatic heterocycles. The van der Waals surface area contributed by atoms with E-state index in [1.165, 1.54) is 6.07 Å². The standard InChI is InChI=1S/C21H20ClFN4O/c1-14-11-16(15(2)27(14)20-10-6-3-7-17(20)22)12-25-26-21(28)13-24-19-9-5-4-8-18(19)23/h3-12,24H,13H2,1-2H3,(H,26,28)/b25-12-. The summed E-state index contributed by atoms with van der Waals surface area (Å²) in [5, 5.41) is 7.39. The zero-order valence-corrected chi connectivity index (χ0v) is 16.3. The number of rotatable bonds is 6. The SMILES string of the molecule is Cc1cc(/C=N\NC(=O)CNc2ccccc2F)c(C)n1-c1ccccc1Cl. The number of hydrogen-bond donors (Lipinski definition) is 2. The van der Waals surface area contributed by atoms with Gasteiger partial charge < -0.3 is 9.88 Å². The van der Waals surface area contributed by atoms with Crippen LogP contribution in [0.25, 0.3) is 5.69 Å². The lowest BCUT2D eigenvalue weighted by molar-refractivity contribution is -0.119. The first-order valence-electron chi connectivity index (χ1n) is 8.71. The van der Waals surface area contributed by atoms with Crippen LogP contribution in [0.15, 0.2) is 59.7 Å². The molecule has 7 heteroatoms. The first-order chi connectivity index (χ1) is 13.5. The summed E-state index contributed by atoms with van der Waals surface area (Å²) >= 11 is 6.31. The number of halogens is 2. The molecule has 3 rings (SSSR count). The molecule has 0 fully saturated rings. The highest BCUT2D eigenvalue weighted by Gasteiger charge is 2.11. The second-order valence-corrected chi connectivity index (χ2v) is 6.65. The zero-order valence-electron chi connectivity index (χ0n) is 15.5. The van der Waals surface area contributed by atoms with Gasteiger partial charge in [0, 0.05) is 17.0 Å². The van der Waals surface area contributed by atoms with Crippen molar-refractivity contribution in [1.29, 1.82) is 0 Å². The molecule has 2 aromatic carbocycles. The molecule has 0 saturated carbocycles. The minimum atomic E-state index is -0.411. The minimum Gasteiger partial charge on any atom is -0.374 e. The molecule has 0 radical (unpaired) electrons. The Labute approximate surface area is 167 Å². The number of para-hydroxylation sites is 2. The Kier molecular flexibility index (Phi) is 6.11. The third-order valence-corrected chi connectivity index (χ3v) is 4.59. The normalized spacial score (nSPS) is 11.0. The first-order valence-corrected chi connectivity index (χ1v) is 9.09. The average Bonchev–Trinajstić information content (AvgIpc) is 2.95. The molecule has 0 spiro atoms. The molecular formula is C21H20ClFN4O. The monoisotopic (exact) mass is 398 g/mol. The highest BCUT2D eigenvalue weighted by molar-refractivity contribution is 6.32. The van der Waals surface area contributed by atoms with Gasteiger partial charge in [0.1, 0.15) is 5.82 Å². The van der Waals surface area contributed by atoms with E-state index in [0.29, 0.717) is 5.02 Å². The number of nitrogens with one attached hydrogen (secondary N) is 2. The van der Waals surface area contributed by atoms with Crippen LogP contribution in [0.2, 0.25) is 5.02 Å². The molecule has 5 nitrogen and oxygen atoms in total. The highest BCUT2D eigenvalue weighted by Crippen LogP contribution is 2.25. The van der Waals surface area contributed by atoms with Crippen LogP contribution in [-0.4, -0.2) is 23.2 Å². The summed E-state index contributed by atoms with van der Waals surface area (Å²) in [6.45, 7) is 3.85. The summed E-state index contributed by atoms with van der Waals surface area (Å²) in [6, 6.07) is 15.7.